The van der Waals surface area contributed by atoms with Gasteiger partial charge in [-0.05, 0) is 24.6 Å². The molecule has 2 N–H and O–H groups in total. The Morgan fingerprint density at radius 2 is 1.71 bits per heavy atom. The Morgan fingerprint density at radius 3 is 2.42 bits per heavy atom. The van der Waals surface area contributed by atoms with Gasteiger partial charge >= 0.3 is 5.69 Å². The summed E-state index contributed by atoms with van der Waals surface area (Å²) in [6.07, 6.45) is 2.50. The smallest absolute Gasteiger partial charge is 0.323 e. The van der Waals surface area contributed by atoms with Gasteiger partial charge in [-0.15, -0.1) is 0 Å². The second kappa shape index (κ2) is 6.90. The fourth-order valence-electron chi connectivity index (χ4n) is 2.99. The fourth-order valence-corrected chi connectivity index (χ4v) is 2.99. The molecule has 2 heterocycles. The number of nitrogens with zero attached hydrogens (tertiary/aromatic N) is 2. The van der Waals surface area contributed by atoms with Crippen molar-refractivity contribution in [3.63, 3.8) is 0 Å². The van der Waals surface area contributed by atoms with Gasteiger partial charge in [-0.2, -0.15) is 0 Å². The van der Waals surface area contributed by atoms with Crippen LogP contribution in [0.3, 0.4) is 0 Å². The average molecular weight is 330 g/mol. The number of aromatic nitrogens is 2. The largest absolute Gasteiger partial charge is 0.339 e. The van der Waals surface area contributed by atoms with Crippen molar-refractivity contribution in [2.24, 2.45) is 0 Å². The number of H-pyrrole nitrogens is 2. The molecule has 0 atom stereocenters. The summed E-state index contributed by atoms with van der Waals surface area (Å²) in [7, 11) is 0. The number of amides is 2. The summed E-state index contributed by atoms with van der Waals surface area (Å²) in [4.78, 5) is 44.9. The minimum absolute atomic E-state index is 0.0698. The number of benzene rings is 1. The Kier molecular flexibility index (Phi) is 4.69. The lowest BCUT2D eigenvalue weighted by atomic mass is 10.1. The number of aromatic amines is 2. The van der Waals surface area contributed by atoms with Gasteiger partial charge in [0.25, 0.3) is 5.91 Å². The molecule has 1 aromatic carbocycles. The predicted octanol–water partition coefficient (Wildman–Crippen LogP) is 1.33. The maximum absolute atomic E-state index is 12.6. The minimum Gasteiger partial charge on any atom is -0.339 e. The lowest BCUT2D eigenvalue weighted by Crippen LogP contribution is -2.50. The van der Waals surface area contributed by atoms with E-state index in [1.54, 1.807) is 23.1 Å². The molecule has 24 heavy (non-hydrogen) atoms. The van der Waals surface area contributed by atoms with Crippen LogP contribution < -0.4 is 5.69 Å². The summed E-state index contributed by atoms with van der Waals surface area (Å²) in [6.45, 7) is 4.31. The van der Waals surface area contributed by atoms with Gasteiger partial charge in [0, 0.05) is 38.2 Å². The lowest BCUT2D eigenvalue weighted by molar-refractivity contribution is -0.132. The fraction of sp³-hybridized carbons (Fsp3) is 0.471. The zero-order chi connectivity index (χ0) is 17.1. The van der Waals surface area contributed by atoms with E-state index in [9.17, 15) is 14.4 Å². The molecule has 1 aliphatic heterocycles. The van der Waals surface area contributed by atoms with Crippen LogP contribution in [0.4, 0.5) is 0 Å². The van der Waals surface area contributed by atoms with E-state index in [4.69, 9.17) is 0 Å². The van der Waals surface area contributed by atoms with Gasteiger partial charge in [-0.1, -0.05) is 13.3 Å². The van der Waals surface area contributed by atoms with E-state index in [-0.39, 0.29) is 17.5 Å². The molecule has 0 spiro atoms. The second-order valence-electron chi connectivity index (χ2n) is 6.12. The van der Waals surface area contributed by atoms with E-state index in [0.29, 0.717) is 49.2 Å². The van der Waals surface area contributed by atoms with Crippen LogP contribution in [0.1, 0.15) is 36.5 Å². The van der Waals surface area contributed by atoms with Crippen LogP contribution in [-0.2, 0) is 4.79 Å². The molecule has 0 bridgehead atoms. The Labute approximate surface area is 139 Å². The molecule has 3 rings (SSSR count). The summed E-state index contributed by atoms with van der Waals surface area (Å²) in [5, 5.41) is 0. The Hall–Kier alpha value is -2.57. The van der Waals surface area contributed by atoms with E-state index < -0.39 is 0 Å². The first-order chi connectivity index (χ1) is 11.6. The van der Waals surface area contributed by atoms with Crippen LogP contribution in [0.15, 0.2) is 23.0 Å². The molecule has 0 aliphatic carbocycles. The average Bonchev–Trinajstić information content (AvgIpc) is 2.98. The highest BCUT2D eigenvalue weighted by Gasteiger charge is 2.24. The molecule has 7 heteroatoms. The monoisotopic (exact) mass is 330 g/mol. The molecule has 1 aromatic heterocycles. The molecule has 2 aromatic rings. The van der Waals surface area contributed by atoms with Gasteiger partial charge in [0.05, 0.1) is 11.0 Å². The first-order valence-corrected chi connectivity index (χ1v) is 8.37. The van der Waals surface area contributed by atoms with Crippen molar-refractivity contribution < 1.29 is 9.59 Å². The molecule has 0 radical (unpaired) electrons. The number of hydrogen-bond acceptors (Lipinski definition) is 3. The number of imidazole rings is 1. The van der Waals surface area contributed by atoms with Crippen molar-refractivity contribution in [2.75, 3.05) is 26.2 Å². The molecule has 1 aliphatic rings. The summed E-state index contributed by atoms with van der Waals surface area (Å²) in [5.74, 6) is 0.106. The van der Waals surface area contributed by atoms with Gasteiger partial charge in [0.2, 0.25) is 5.91 Å². The van der Waals surface area contributed by atoms with Gasteiger partial charge in [-0.3, -0.25) is 9.59 Å². The number of piperazine rings is 1. The topological polar surface area (TPSA) is 89.3 Å². The number of rotatable bonds is 4. The van der Waals surface area contributed by atoms with E-state index in [2.05, 4.69) is 16.9 Å². The third kappa shape index (κ3) is 3.34. The number of fused-ring (bicyclic) bond motifs is 1. The highest BCUT2D eigenvalue weighted by molar-refractivity contribution is 5.97. The molecule has 1 fully saturated rings. The first-order valence-electron chi connectivity index (χ1n) is 8.37. The third-order valence-corrected chi connectivity index (χ3v) is 4.43. The molecule has 1 saturated heterocycles. The molecule has 0 unspecified atom stereocenters. The first kappa shape index (κ1) is 16.3. The van der Waals surface area contributed by atoms with E-state index in [1.807, 2.05) is 4.90 Å². The van der Waals surface area contributed by atoms with Crippen molar-refractivity contribution in [1.82, 2.24) is 19.8 Å². The summed E-state index contributed by atoms with van der Waals surface area (Å²) < 4.78 is 0. The molecular weight excluding hydrogens is 308 g/mol. The summed E-state index contributed by atoms with van der Waals surface area (Å²) in [5.41, 5.74) is 1.57. The third-order valence-electron chi connectivity index (χ3n) is 4.43. The van der Waals surface area contributed by atoms with E-state index in [0.717, 1.165) is 12.8 Å². The van der Waals surface area contributed by atoms with Gasteiger partial charge < -0.3 is 19.8 Å². The standard InChI is InChI=1S/C17H22N4O3/c1-2-3-4-15(22)20-7-9-21(10-8-20)16(23)12-5-6-13-14(11-12)19-17(24)18-13/h5-6,11H,2-4,7-10H2,1H3,(H2,18,19,24). The quantitative estimate of drug-likeness (QED) is 0.886. The van der Waals surface area contributed by atoms with Crippen LogP contribution in [-0.4, -0.2) is 57.8 Å². The minimum atomic E-state index is -0.284. The van der Waals surface area contributed by atoms with Gasteiger partial charge in [-0.25, -0.2) is 4.79 Å². The number of nitrogens with one attached hydrogen (secondary N) is 2. The van der Waals surface area contributed by atoms with Crippen molar-refractivity contribution in [1.29, 1.82) is 0 Å². The van der Waals surface area contributed by atoms with E-state index >= 15 is 0 Å². The van der Waals surface area contributed by atoms with Crippen molar-refractivity contribution in [3.8, 4) is 0 Å². The van der Waals surface area contributed by atoms with Crippen LogP contribution in [0, 0.1) is 0 Å². The van der Waals surface area contributed by atoms with Crippen molar-refractivity contribution in [2.45, 2.75) is 26.2 Å². The lowest BCUT2D eigenvalue weighted by Gasteiger charge is -2.35. The molecule has 128 valence electrons. The van der Waals surface area contributed by atoms with Crippen LogP contribution >= 0.6 is 0 Å². The highest BCUT2D eigenvalue weighted by atomic mass is 16.2. The zero-order valence-electron chi connectivity index (χ0n) is 13.8. The predicted molar refractivity (Wildman–Crippen MR) is 90.9 cm³/mol. The van der Waals surface area contributed by atoms with Crippen LogP contribution in [0.5, 0.6) is 0 Å². The number of carbonyl (C=O) groups is 2. The van der Waals surface area contributed by atoms with Gasteiger partial charge in [0.1, 0.15) is 0 Å². The zero-order valence-corrected chi connectivity index (χ0v) is 13.8. The van der Waals surface area contributed by atoms with Gasteiger partial charge in [0.15, 0.2) is 0 Å². The molecule has 7 nitrogen and oxygen atoms in total. The van der Waals surface area contributed by atoms with Crippen molar-refractivity contribution in [3.05, 3.63) is 34.2 Å². The van der Waals surface area contributed by atoms with Crippen molar-refractivity contribution >= 4 is 22.8 Å². The normalized spacial score (nSPS) is 15.0. The molecular formula is C17H22N4O3. The number of hydrogen-bond donors (Lipinski definition) is 2. The molecule has 2 amide bonds. The van der Waals surface area contributed by atoms with E-state index in [1.165, 1.54) is 0 Å². The number of carbonyl (C=O) groups excluding carboxylic acids is 2. The number of unbranched alkanes of at least 4 members (excludes halogenated alkanes) is 1. The Bertz CT molecular complexity index is 800. The highest BCUT2D eigenvalue weighted by Crippen LogP contribution is 2.14. The maximum atomic E-state index is 12.6. The summed E-state index contributed by atoms with van der Waals surface area (Å²) in [6, 6.07) is 5.13. The molecule has 0 saturated carbocycles. The maximum Gasteiger partial charge on any atom is 0.323 e. The summed E-state index contributed by atoms with van der Waals surface area (Å²) >= 11 is 0. The van der Waals surface area contributed by atoms with Crippen LogP contribution in [0.25, 0.3) is 11.0 Å². The SMILES string of the molecule is CCCCC(=O)N1CCN(C(=O)c2ccc3[nH]c(=O)[nH]c3c2)CC1. The Morgan fingerprint density at radius 1 is 1.04 bits per heavy atom. The second-order valence-corrected chi connectivity index (χ2v) is 6.12. The van der Waals surface area contributed by atoms with Crippen LogP contribution in [0.2, 0.25) is 0 Å². The Balaban J connectivity index is 1.63.